The molecule has 0 radical (unpaired) electrons. The maximum atomic E-state index is 11.9. The number of hydrogen-bond donors (Lipinski definition) is 1. The van der Waals surface area contributed by atoms with Crippen molar-refractivity contribution in [2.24, 2.45) is 17.8 Å². The van der Waals surface area contributed by atoms with Crippen LogP contribution in [0.5, 0.6) is 0 Å². The summed E-state index contributed by atoms with van der Waals surface area (Å²) in [6, 6.07) is 1.10. The Morgan fingerprint density at radius 1 is 1.28 bits per heavy atom. The van der Waals surface area contributed by atoms with E-state index in [9.17, 15) is 4.79 Å². The summed E-state index contributed by atoms with van der Waals surface area (Å²) in [5.41, 5.74) is 0. The average Bonchev–Trinajstić information content (AvgIpc) is 2.89. The Hall–Kier alpha value is -0.570. The van der Waals surface area contributed by atoms with Crippen LogP contribution in [0.4, 0.5) is 0 Å². The zero-order valence-electron chi connectivity index (χ0n) is 12.3. The summed E-state index contributed by atoms with van der Waals surface area (Å²) < 4.78 is 0. The van der Waals surface area contributed by atoms with Gasteiger partial charge >= 0.3 is 0 Å². The molecule has 2 rings (SSSR count). The Morgan fingerprint density at radius 3 is 2.44 bits per heavy atom. The number of hydrogen-bond acceptors (Lipinski definition) is 2. The van der Waals surface area contributed by atoms with E-state index in [1.54, 1.807) is 0 Å². The minimum atomic E-state index is 0.0845. The first-order valence-corrected chi connectivity index (χ1v) is 7.51. The second kappa shape index (κ2) is 5.60. The third kappa shape index (κ3) is 3.05. The summed E-state index contributed by atoms with van der Waals surface area (Å²) in [7, 11) is 0. The molecule has 0 aromatic carbocycles. The molecule has 0 aromatic heterocycles. The fourth-order valence-corrected chi connectivity index (χ4v) is 3.28. The van der Waals surface area contributed by atoms with E-state index in [1.165, 1.54) is 25.8 Å². The zero-order valence-corrected chi connectivity index (χ0v) is 12.3. The summed E-state index contributed by atoms with van der Waals surface area (Å²) >= 11 is 0. The fraction of sp³-hybridized carbons (Fsp3) is 0.933. The van der Waals surface area contributed by atoms with Crippen LogP contribution in [-0.4, -0.2) is 36.0 Å². The van der Waals surface area contributed by atoms with Crippen LogP contribution in [0, 0.1) is 17.8 Å². The van der Waals surface area contributed by atoms with E-state index < -0.39 is 0 Å². The van der Waals surface area contributed by atoms with Gasteiger partial charge in [0.15, 0.2) is 0 Å². The maximum absolute atomic E-state index is 11.9. The van der Waals surface area contributed by atoms with Crippen molar-refractivity contribution in [3.8, 4) is 0 Å². The van der Waals surface area contributed by atoms with Gasteiger partial charge in [-0.1, -0.05) is 27.7 Å². The van der Waals surface area contributed by atoms with Gasteiger partial charge < -0.3 is 5.32 Å². The number of nitrogens with zero attached hydrogens (tertiary/aromatic N) is 1. The highest BCUT2D eigenvalue weighted by molar-refractivity contribution is 5.78. The van der Waals surface area contributed by atoms with E-state index in [1.807, 2.05) is 13.8 Å². The molecule has 0 aromatic rings. The topological polar surface area (TPSA) is 32.3 Å². The Bertz CT molecular complexity index is 301. The second-order valence-electron chi connectivity index (χ2n) is 6.80. The first-order chi connectivity index (χ1) is 8.47. The van der Waals surface area contributed by atoms with Crippen molar-refractivity contribution < 1.29 is 4.79 Å². The summed E-state index contributed by atoms with van der Waals surface area (Å²) in [6.45, 7) is 10.6. The standard InChI is InChI=1S/C15H28N2O/c1-10(2)14(16-15(18)11(3)4)9-17-8-12-5-6-13(17)7-12/h10-14H,5-9H2,1-4H3,(H,16,18)/t12-,13+,14+/m0/s1. The molecule has 2 aliphatic rings. The van der Waals surface area contributed by atoms with Crippen molar-refractivity contribution in [1.29, 1.82) is 0 Å². The monoisotopic (exact) mass is 252 g/mol. The third-order valence-corrected chi connectivity index (χ3v) is 4.61. The van der Waals surface area contributed by atoms with Gasteiger partial charge in [-0.15, -0.1) is 0 Å². The van der Waals surface area contributed by atoms with Crippen molar-refractivity contribution in [3.05, 3.63) is 0 Å². The van der Waals surface area contributed by atoms with Crippen LogP contribution in [0.3, 0.4) is 0 Å². The Labute approximate surface area is 111 Å². The molecule has 1 heterocycles. The summed E-state index contributed by atoms with van der Waals surface area (Å²) in [6.07, 6.45) is 4.18. The molecule has 1 amide bonds. The van der Waals surface area contributed by atoms with Crippen molar-refractivity contribution in [2.75, 3.05) is 13.1 Å². The van der Waals surface area contributed by atoms with Crippen LogP contribution in [0.15, 0.2) is 0 Å². The first-order valence-electron chi connectivity index (χ1n) is 7.51. The van der Waals surface area contributed by atoms with Gasteiger partial charge in [-0.3, -0.25) is 9.69 Å². The normalized spacial score (nSPS) is 29.2. The van der Waals surface area contributed by atoms with Gasteiger partial charge in [0.2, 0.25) is 5.91 Å². The molecule has 2 fully saturated rings. The SMILES string of the molecule is CC(C)C(=O)N[C@H](CN1C[C@H]2CC[C@@H]1C2)C(C)C. The minimum absolute atomic E-state index is 0.0845. The Morgan fingerprint density at radius 2 is 2.00 bits per heavy atom. The molecule has 1 saturated heterocycles. The smallest absolute Gasteiger partial charge is 0.222 e. The molecular weight excluding hydrogens is 224 g/mol. The van der Waals surface area contributed by atoms with E-state index in [4.69, 9.17) is 0 Å². The molecule has 0 unspecified atom stereocenters. The molecule has 1 N–H and O–H groups in total. The largest absolute Gasteiger partial charge is 0.352 e. The van der Waals surface area contributed by atoms with Gasteiger partial charge in [0, 0.05) is 31.1 Å². The maximum Gasteiger partial charge on any atom is 0.222 e. The van der Waals surface area contributed by atoms with Gasteiger partial charge in [0.05, 0.1) is 0 Å². The molecule has 1 aliphatic carbocycles. The lowest BCUT2D eigenvalue weighted by atomic mass is 10.0. The molecule has 3 heteroatoms. The molecular formula is C15H28N2O. The Balaban J connectivity index is 1.88. The molecule has 3 nitrogen and oxygen atoms in total. The Kier molecular flexibility index (Phi) is 4.31. The first kappa shape index (κ1) is 13.9. The fourth-order valence-electron chi connectivity index (χ4n) is 3.28. The molecule has 104 valence electrons. The lowest BCUT2D eigenvalue weighted by Crippen LogP contribution is -2.49. The minimum Gasteiger partial charge on any atom is -0.352 e. The molecule has 1 aliphatic heterocycles. The van der Waals surface area contributed by atoms with Crippen LogP contribution >= 0.6 is 0 Å². The van der Waals surface area contributed by atoms with Crippen LogP contribution in [0.25, 0.3) is 0 Å². The number of nitrogens with one attached hydrogen (secondary N) is 1. The predicted octanol–water partition coefficient (Wildman–Crippen LogP) is 2.27. The van der Waals surface area contributed by atoms with Gasteiger partial charge in [-0.2, -0.15) is 0 Å². The zero-order chi connectivity index (χ0) is 13.3. The average molecular weight is 252 g/mol. The number of fused-ring (bicyclic) bond motifs is 2. The van der Waals surface area contributed by atoms with E-state index in [2.05, 4.69) is 24.1 Å². The summed E-state index contributed by atoms with van der Waals surface area (Å²) in [4.78, 5) is 14.5. The lowest BCUT2D eigenvalue weighted by molar-refractivity contribution is -0.125. The quantitative estimate of drug-likeness (QED) is 0.814. The van der Waals surface area contributed by atoms with E-state index in [0.29, 0.717) is 12.0 Å². The third-order valence-electron chi connectivity index (χ3n) is 4.61. The van der Waals surface area contributed by atoms with Crippen LogP contribution in [-0.2, 0) is 4.79 Å². The molecule has 2 bridgehead atoms. The van der Waals surface area contributed by atoms with Crippen molar-refractivity contribution in [2.45, 2.75) is 59.0 Å². The highest BCUT2D eigenvalue weighted by Gasteiger charge is 2.38. The van der Waals surface area contributed by atoms with Crippen molar-refractivity contribution >= 4 is 5.91 Å². The van der Waals surface area contributed by atoms with Crippen LogP contribution < -0.4 is 5.32 Å². The number of likely N-dealkylation sites (tertiary alicyclic amines) is 1. The van der Waals surface area contributed by atoms with Crippen LogP contribution in [0.2, 0.25) is 0 Å². The van der Waals surface area contributed by atoms with Gasteiger partial charge in [0.25, 0.3) is 0 Å². The van der Waals surface area contributed by atoms with E-state index >= 15 is 0 Å². The molecule has 0 spiro atoms. The summed E-state index contributed by atoms with van der Waals surface area (Å²) in [5.74, 6) is 1.72. The number of piperidine rings is 1. The van der Waals surface area contributed by atoms with Crippen LogP contribution in [0.1, 0.15) is 47.0 Å². The molecule has 1 saturated carbocycles. The lowest BCUT2D eigenvalue weighted by Gasteiger charge is -2.33. The highest BCUT2D eigenvalue weighted by Crippen LogP contribution is 2.37. The van der Waals surface area contributed by atoms with Gasteiger partial charge in [0.1, 0.15) is 0 Å². The number of carbonyl (C=O) groups is 1. The van der Waals surface area contributed by atoms with E-state index in [-0.39, 0.29) is 11.8 Å². The second-order valence-corrected chi connectivity index (χ2v) is 6.80. The molecule has 18 heavy (non-hydrogen) atoms. The number of amides is 1. The van der Waals surface area contributed by atoms with Crippen molar-refractivity contribution in [1.82, 2.24) is 10.2 Å². The number of rotatable bonds is 5. The van der Waals surface area contributed by atoms with E-state index in [0.717, 1.165) is 18.5 Å². The summed E-state index contributed by atoms with van der Waals surface area (Å²) in [5, 5.41) is 3.22. The molecule has 3 atom stereocenters. The van der Waals surface area contributed by atoms with Gasteiger partial charge in [-0.05, 0) is 31.1 Å². The predicted molar refractivity (Wildman–Crippen MR) is 74.3 cm³/mol. The van der Waals surface area contributed by atoms with Crippen molar-refractivity contribution in [3.63, 3.8) is 0 Å². The highest BCUT2D eigenvalue weighted by atomic mass is 16.1. The van der Waals surface area contributed by atoms with Gasteiger partial charge in [-0.25, -0.2) is 0 Å². The number of carbonyl (C=O) groups excluding carboxylic acids is 1.